The molecule has 1 N–H and O–H groups in total. The topological polar surface area (TPSA) is 54.7 Å². The largest absolute Gasteiger partial charge is 0.465 e. The lowest BCUT2D eigenvalue weighted by molar-refractivity contribution is -0.144. The molecule has 3 aliphatic rings. The maximum Gasteiger partial charge on any atom is 0.249 e. The van der Waals surface area contributed by atoms with Gasteiger partial charge in [-0.15, -0.1) is 0 Å². The lowest BCUT2D eigenvalue weighted by Gasteiger charge is -2.35. The van der Waals surface area contributed by atoms with E-state index in [9.17, 15) is 4.79 Å². The molecule has 1 aromatic heterocycles. The molecule has 1 aromatic rings. The number of fused-ring (bicyclic) bond motifs is 1. The average molecular weight is 318 g/mol. The van der Waals surface area contributed by atoms with E-state index in [0.717, 1.165) is 50.4 Å². The van der Waals surface area contributed by atoms with Crippen LogP contribution < -0.4 is 5.32 Å². The molecule has 2 saturated heterocycles. The summed E-state index contributed by atoms with van der Waals surface area (Å²) in [7, 11) is 0. The predicted molar refractivity (Wildman–Crippen MR) is 85.9 cm³/mol. The minimum absolute atomic E-state index is 0.0930. The molecule has 4 rings (SSSR count). The van der Waals surface area contributed by atoms with Crippen molar-refractivity contribution in [3.8, 4) is 0 Å². The highest BCUT2D eigenvalue weighted by Gasteiger charge is 2.41. The summed E-state index contributed by atoms with van der Waals surface area (Å²) in [5.74, 6) is 2.79. The molecule has 0 radical (unpaired) electrons. The Kier molecular flexibility index (Phi) is 4.16. The van der Waals surface area contributed by atoms with Crippen LogP contribution in [0.5, 0.6) is 0 Å². The fourth-order valence-electron chi connectivity index (χ4n) is 3.85. The summed E-state index contributed by atoms with van der Waals surface area (Å²) < 4.78 is 11.8. The van der Waals surface area contributed by atoms with Crippen LogP contribution in [0.15, 0.2) is 16.5 Å². The molecule has 0 bridgehead atoms. The van der Waals surface area contributed by atoms with Crippen molar-refractivity contribution in [3.63, 3.8) is 0 Å². The van der Waals surface area contributed by atoms with Gasteiger partial charge in [-0.3, -0.25) is 9.69 Å². The van der Waals surface area contributed by atoms with E-state index >= 15 is 0 Å². The van der Waals surface area contributed by atoms with E-state index in [4.69, 9.17) is 9.15 Å². The standard InChI is InChI=1S/C18H26N2O3/c1-12-2-5-14(22-12)11-20-9-8-16-15(20)6-7-17(23-16)18(21)19-10-13-3-4-13/h2,5,13,15-17H,3-4,6-11H2,1H3,(H,19,21)/t15-,16-,17+/m1/s1. The first kappa shape index (κ1) is 15.2. The summed E-state index contributed by atoms with van der Waals surface area (Å²) in [5.41, 5.74) is 0. The van der Waals surface area contributed by atoms with Gasteiger partial charge in [0.1, 0.15) is 17.6 Å². The van der Waals surface area contributed by atoms with Gasteiger partial charge in [0.15, 0.2) is 0 Å². The van der Waals surface area contributed by atoms with Gasteiger partial charge in [0.05, 0.1) is 12.6 Å². The first-order valence-electron chi connectivity index (χ1n) is 8.91. The normalized spacial score (nSPS) is 31.1. The van der Waals surface area contributed by atoms with Crippen LogP contribution in [-0.2, 0) is 16.1 Å². The number of amides is 1. The van der Waals surface area contributed by atoms with Gasteiger partial charge in [-0.05, 0) is 57.1 Å². The molecule has 0 aromatic carbocycles. The van der Waals surface area contributed by atoms with Crippen LogP contribution in [0.2, 0.25) is 0 Å². The number of rotatable bonds is 5. The maximum atomic E-state index is 12.2. The van der Waals surface area contributed by atoms with Crippen molar-refractivity contribution in [2.45, 2.75) is 63.8 Å². The average Bonchev–Trinajstić information content (AvgIpc) is 3.18. The Labute approximate surface area is 137 Å². The van der Waals surface area contributed by atoms with Crippen molar-refractivity contribution in [2.75, 3.05) is 13.1 Å². The summed E-state index contributed by atoms with van der Waals surface area (Å²) in [6.45, 7) is 4.67. The smallest absolute Gasteiger partial charge is 0.249 e. The van der Waals surface area contributed by atoms with Crippen molar-refractivity contribution in [1.29, 1.82) is 0 Å². The molecule has 3 atom stereocenters. The molecule has 1 amide bonds. The number of aryl methyl sites for hydroxylation is 1. The number of carbonyl (C=O) groups is 1. The Hall–Kier alpha value is -1.33. The fraction of sp³-hybridized carbons (Fsp3) is 0.722. The van der Waals surface area contributed by atoms with Crippen LogP contribution in [0.1, 0.15) is 43.6 Å². The van der Waals surface area contributed by atoms with E-state index < -0.39 is 0 Å². The van der Waals surface area contributed by atoms with Crippen LogP contribution in [0.25, 0.3) is 0 Å². The number of likely N-dealkylation sites (tertiary alicyclic amines) is 1. The Morgan fingerprint density at radius 3 is 2.87 bits per heavy atom. The van der Waals surface area contributed by atoms with E-state index in [0.29, 0.717) is 12.0 Å². The molecule has 1 aliphatic carbocycles. The van der Waals surface area contributed by atoms with E-state index in [1.54, 1.807) is 0 Å². The van der Waals surface area contributed by atoms with Crippen molar-refractivity contribution in [2.24, 2.45) is 5.92 Å². The molecule has 0 unspecified atom stereocenters. The van der Waals surface area contributed by atoms with Crippen LogP contribution in [-0.4, -0.2) is 42.1 Å². The second kappa shape index (κ2) is 6.29. The number of furan rings is 1. The number of nitrogens with one attached hydrogen (secondary N) is 1. The van der Waals surface area contributed by atoms with Gasteiger partial charge < -0.3 is 14.5 Å². The summed E-state index contributed by atoms with van der Waals surface area (Å²) in [5, 5.41) is 3.06. The van der Waals surface area contributed by atoms with Crippen molar-refractivity contribution >= 4 is 5.91 Å². The molecule has 5 nitrogen and oxygen atoms in total. The molecule has 3 fully saturated rings. The van der Waals surface area contributed by atoms with Crippen LogP contribution >= 0.6 is 0 Å². The fourth-order valence-corrected chi connectivity index (χ4v) is 3.85. The number of hydrogen-bond acceptors (Lipinski definition) is 4. The van der Waals surface area contributed by atoms with Gasteiger partial charge in [-0.2, -0.15) is 0 Å². The van der Waals surface area contributed by atoms with E-state index in [-0.39, 0.29) is 18.1 Å². The summed E-state index contributed by atoms with van der Waals surface area (Å²) in [6, 6.07) is 4.49. The highest BCUT2D eigenvalue weighted by Crippen LogP contribution is 2.33. The zero-order valence-corrected chi connectivity index (χ0v) is 13.8. The number of nitrogens with zero attached hydrogens (tertiary/aromatic N) is 1. The van der Waals surface area contributed by atoms with Gasteiger partial charge in [-0.1, -0.05) is 0 Å². The van der Waals surface area contributed by atoms with Crippen LogP contribution in [0, 0.1) is 12.8 Å². The molecule has 3 heterocycles. The van der Waals surface area contributed by atoms with Crippen LogP contribution in [0.3, 0.4) is 0 Å². The van der Waals surface area contributed by atoms with Gasteiger partial charge >= 0.3 is 0 Å². The van der Waals surface area contributed by atoms with Gasteiger partial charge in [0, 0.05) is 19.1 Å². The van der Waals surface area contributed by atoms with Gasteiger partial charge in [-0.25, -0.2) is 0 Å². The number of hydrogen-bond donors (Lipinski definition) is 1. The first-order valence-corrected chi connectivity index (χ1v) is 8.91. The van der Waals surface area contributed by atoms with Crippen molar-refractivity contribution in [1.82, 2.24) is 10.2 Å². The van der Waals surface area contributed by atoms with E-state index in [2.05, 4.69) is 16.3 Å². The molecule has 126 valence electrons. The summed E-state index contributed by atoms with van der Waals surface area (Å²) in [6.07, 6.45) is 5.33. The maximum absolute atomic E-state index is 12.2. The quantitative estimate of drug-likeness (QED) is 0.904. The second-order valence-electron chi connectivity index (χ2n) is 7.27. The Morgan fingerprint density at radius 2 is 2.13 bits per heavy atom. The highest BCUT2D eigenvalue weighted by atomic mass is 16.5. The molecule has 5 heteroatoms. The lowest BCUT2D eigenvalue weighted by Crippen LogP contribution is -2.47. The third-order valence-corrected chi connectivity index (χ3v) is 5.37. The predicted octanol–water partition coefficient (Wildman–Crippen LogP) is 2.24. The van der Waals surface area contributed by atoms with Gasteiger partial charge in [0.25, 0.3) is 0 Å². The zero-order chi connectivity index (χ0) is 15.8. The SMILES string of the molecule is Cc1ccc(CN2CC[C@H]3O[C@H](C(=O)NCC4CC4)CC[C@H]32)o1. The third-order valence-electron chi connectivity index (χ3n) is 5.37. The molecule has 23 heavy (non-hydrogen) atoms. The Balaban J connectivity index is 1.30. The molecule has 0 spiro atoms. The zero-order valence-electron chi connectivity index (χ0n) is 13.8. The summed E-state index contributed by atoms with van der Waals surface area (Å²) >= 11 is 0. The van der Waals surface area contributed by atoms with Crippen LogP contribution in [0.4, 0.5) is 0 Å². The minimum Gasteiger partial charge on any atom is -0.465 e. The first-order chi connectivity index (χ1) is 11.2. The van der Waals surface area contributed by atoms with Crippen molar-refractivity contribution < 1.29 is 13.9 Å². The Morgan fingerprint density at radius 1 is 1.26 bits per heavy atom. The minimum atomic E-state index is -0.249. The second-order valence-corrected chi connectivity index (χ2v) is 7.27. The third kappa shape index (κ3) is 3.45. The monoisotopic (exact) mass is 318 g/mol. The van der Waals surface area contributed by atoms with E-state index in [1.807, 2.05) is 13.0 Å². The number of ether oxygens (including phenoxy) is 1. The van der Waals surface area contributed by atoms with Gasteiger partial charge in [0.2, 0.25) is 5.91 Å². The van der Waals surface area contributed by atoms with E-state index in [1.165, 1.54) is 12.8 Å². The Bertz CT molecular complexity index is 566. The number of carbonyl (C=O) groups excluding carboxylic acids is 1. The molecular formula is C18H26N2O3. The molecule has 2 aliphatic heterocycles. The summed E-state index contributed by atoms with van der Waals surface area (Å²) in [4.78, 5) is 14.7. The molecular weight excluding hydrogens is 292 g/mol. The highest BCUT2D eigenvalue weighted by molar-refractivity contribution is 5.80. The molecule has 1 saturated carbocycles. The lowest BCUT2D eigenvalue weighted by atomic mass is 9.98. The van der Waals surface area contributed by atoms with Crippen molar-refractivity contribution in [3.05, 3.63) is 23.7 Å².